The van der Waals surface area contributed by atoms with E-state index in [4.69, 9.17) is 5.73 Å². The van der Waals surface area contributed by atoms with Crippen LogP contribution in [0.25, 0.3) is 0 Å². The van der Waals surface area contributed by atoms with E-state index in [1.165, 1.54) is 6.07 Å². The minimum atomic E-state index is -0.256. The van der Waals surface area contributed by atoms with E-state index < -0.39 is 0 Å². The molecule has 0 radical (unpaired) electrons. The Labute approximate surface area is 92.3 Å². The molecule has 0 bridgehead atoms. The summed E-state index contributed by atoms with van der Waals surface area (Å²) in [6.07, 6.45) is 0. The molecule has 0 fully saturated rings. The van der Waals surface area contributed by atoms with Crippen molar-refractivity contribution in [2.45, 2.75) is 6.92 Å². The van der Waals surface area contributed by atoms with Crippen LogP contribution in [0.2, 0.25) is 0 Å². The SMILES string of the molecule is Cc1c(F)cccc1Nc1ccc(N)nn1. The molecular weight excluding hydrogens is 207 g/mol. The third-order valence-electron chi connectivity index (χ3n) is 2.22. The number of nitrogens with two attached hydrogens (primary N) is 1. The predicted octanol–water partition coefficient (Wildman–Crippen LogP) is 2.25. The van der Waals surface area contributed by atoms with Gasteiger partial charge in [0.25, 0.3) is 0 Å². The number of aromatic nitrogens is 2. The van der Waals surface area contributed by atoms with E-state index in [2.05, 4.69) is 15.5 Å². The Hall–Kier alpha value is -2.17. The van der Waals surface area contributed by atoms with Gasteiger partial charge in [0.05, 0.1) is 0 Å². The van der Waals surface area contributed by atoms with Gasteiger partial charge in [0, 0.05) is 11.3 Å². The first-order chi connectivity index (χ1) is 7.66. The number of anilines is 3. The van der Waals surface area contributed by atoms with Crippen molar-refractivity contribution in [3.05, 3.63) is 41.7 Å². The molecule has 0 saturated carbocycles. The molecule has 5 heteroatoms. The van der Waals surface area contributed by atoms with E-state index in [9.17, 15) is 4.39 Å². The molecule has 0 aliphatic rings. The highest BCUT2D eigenvalue weighted by Gasteiger charge is 2.04. The van der Waals surface area contributed by atoms with Crippen molar-refractivity contribution in [3.63, 3.8) is 0 Å². The van der Waals surface area contributed by atoms with Crippen molar-refractivity contribution >= 4 is 17.3 Å². The lowest BCUT2D eigenvalue weighted by Crippen LogP contribution is -2.00. The molecule has 0 aliphatic carbocycles. The van der Waals surface area contributed by atoms with Crippen LogP contribution in [-0.4, -0.2) is 10.2 Å². The van der Waals surface area contributed by atoms with Crippen molar-refractivity contribution in [2.24, 2.45) is 0 Å². The Bertz CT molecular complexity index is 496. The lowest BCUT2D eigenvalue weighted by Gasteiger charge is -2.08. The van der Waals surface area contributed by atoms with Gasteiger partial charge in [-0.3, -0.25) is 0 Å². The lowest BCUT2D eigenvalue weighted by molar-refractivity contribution is 0.619. The molecular formula is C11H11FN4. The molecule has 3 N–H and O–H groups in total. The second-order valence-electron chi connectivity index (χ2n) is 3.38. The summed E-state index contributed by atoms with van der Waals surface area (Å²) in [4.78, 5) is 0. The Morgan fingerprint density at radius 2 is 2.00 bits per heavy atom. The maximum atomic E-state index is 13.3. The second-order valence-corrected chi connectivity index (χ2v) is 3.38. The summed E-state index contributed by atoms with van der Waals surface area (Å²) in [6, 6.07) is 8.14. The largest absolute Gasteiger partial charge is 0.382 e. The zero-order valence-corrected chi connectivity index (χ0v) is 8.74. The number of nitrogens with zero attached hydrogens (tertiary/aromatic N) is 2. The Morgan fingerprint density at radius 3 is 2.69 bits per heavy atom. The van der Waals surface area contributed by atoms with Crippen LogP contribution in [0.15, 0.2) is 30.3 Å². The van der Waals surface area contributed by atoms with E-state index in [-0.39, 0.29) is 5.82 Å². The Balaban J connectivity index is 2.27. The van der Waals surface area contributed by atoms with Crippen LogP contribution >= 0.6 is 0 Å². The average molecular weight is 218 g/mol. The van der Waals surface area contributed by atoms with Crippen LogP contribution in [0.3, 0.4) is 0 Å². The van der Waals surface area contributed by atoms with Crippen LogP contribution in [0.4, 0.5) is 21.7 Å². The first-order valence-corrected chi connectivity index (χ1v) is 4.78. The van der Waals surface area contributed by atoms with Crippen LogP contribution in [0.5, 0.6) is 0 Å². The topological polar surface area (TPSA) is 63.8 Å². The standard InChI is InChI=1S/C11H11FN4/c1-7-8(12)3-2-4-9(7)14-11-6-5-10(13)15-16-11/h2-6H,1H3,(H2,13,15)(H,14,16). The van der Waals surface area contributed by atoms with E-state index in [1.807, 2.05) is 0 Å². The summed E-state index contributed by atoms with van der Waals surface area (Å²) in [6.45, 7) is 1.70. The highest BCUT2D eigenvalue weighted by atomic mass is 19.1. The fourth-order valence-electron chi connectivity index (χ4n) is 1.29. The molecule has 0 spiro atoms. The average Bonchev–Trinajstić information content (AvgIpc) is 2.28. The number of benzene rings is 1. The zero-order chi connectivity index (χ0) is 11.5. The van der Waals surface area contributed by atoms with Crippen molar-refractivity contribution < 1.29 is 4.39 Å². The Morgan fingerprint density at radius 1 is 1.19 bits per heavy atom. The van der Waals surface area contributed by atoms with Gasteiger partial charge >= 0.3 is 0 Å². The molecule has 0 aliphatic heterocycles. The van der Waals surface area contributed by atoms with Crippen molar-refractivity contribution in [3.8, 4) is 0 Å². The van der Waals surface area contributed by atoms with Gasteiger partial charge in [-0.05, 0) is 31.2 Å². The Kier molecular flexibility index (Phi) is 2.68. The van der Waals surface area contributed by atoms with Crippen LogP contribution in [-0.2, 0) is 0 Å². The monoisotopic (exact) mass is 218 g/mol. The summed E-state index contributed by atoms with van der Waals surface area (Å²) < 4.78 is 13.3. The molecule has 0 saturated heterocycles. The molecule has 0 atom stereocenters. The maximum Gasteiger partial charge on any atom is 0.153 e. The molecule has 1 heterocycles. The van der Waals surface area contributed by atoms with Gasteiger partial charge < -0.3 is 11.1 Å². The summed E-state index contributed by atoms with van der Waals surface area (Å²) in [5.41, 5.74) is 6.62. The van der Waals surface area contributed by atoms with Crippen molar-refractivity contribution in [2.75, 3.05) is 11.1 Å². The summed E-state index contributed by atoms with van der Waals surface area (Å²) in [7, 11) is 0. The number of rotatable bonds is 2. The van der Waals surface area contributed by atoms with Gasteiger partial charge in [0.2, 0.25) is 0 Å². The molecule has 1 aromatic carbocycles. The second kappa shape index (κ2) is 4.14. The van der Waals surface area contributed by atoms with Gasteiger partial charge in [-0.25, -0.2) is 4.39 Å². The smallest absolute Gasteiger partial charge is 0.153 e. The molecule has 2 aromatic rings. The number of hydrogen-bond donors (Lipinski definition) is 2. The zero-order valence-electron chi connectivity index (χ0n) is 8.74. The quantitative estimate of drug-likeness (QED) is 0.811. The maximum absolute atomic E-state index is 13.3. The highest BCUT2D eigenvalue weighted by molar-refractivity contribution is 5.60. The third-order valence-corrected chi connectivity index (χ3v) is 2.22. The molecule has 4 nitrogen and oxygen atoms in total. The lowest BCUT2D eigenvalue weighted by atomic mass is 10.2. The molecule has 0 amide bonds. The normalized spacial score (nSPS) is 10.1. The van der Waals surface area contributed by atoms with Crippen LogP contribution in [0, 0.1) is 12.7 Å². The van der Waals surface area contributed by atoms with Gasteiger partial charge in [-0.2, -0.15) is 0 Å². The number of halogens is 1. The molecule has 0 unspecified atom stereocenters. The van der Waals surface area contributed by atoms with Gasteiger partial charge in [0.1, 0.15) is 11.6 Å². The molecule has 1 aromatic heterocycles. The third kappa shape index (κ3) is 2.08. The van der Waals surface area contributed by atoms with Gasteiger partial charge in [0.15, 0.2) is 5.82 Å². The molecule has 82 valence electrons. The summed E-state index contributed by atoms with van der Waals surface area (Å²) in [5, 5.41) is 10.5. The summed E-state index contributed by atoms with van der Waals surface area (Å²) in [5.74, 6) is 0.623. The number of hydrogen-bond acceptors (Lipinski definition) is 4. The van der Waals surface area contributed by atoms with E-state index in [1.54, 1.807) is 31.2 Å². The minimum absolute atomic E-state index is 0.256. The predicted molar refractivity (Wildman–Crippen MR) is 60.9 cm³/mol. The minimum Gasteiger partial charge on any atom is -0.382 e. The van der Waals surface area contributed by atoms with Gasteiger partial charge in [-0.1, -0.05) is 6.07 Å². The fraction of sp³-hybridized carbons (Fsp3) is 0.0909. The van der Waals surface area contributed by atoms with Crippen LogP contribution in [0.1, 0.15) is 5.56 Å². The van der Waals surface area contributed by atoms with E-state index in [0.29, 0.717) is 22.9 Å². The first kappa shape index (κ1) is 10.4. The number of nitrogens with one attached hydrogen (secondary N) is 1. The van der Waals surface area contributed by atoms with Crippen molar-refractivity contribution in [1.82, 2.24) is 10.2 Å². The van der Waals surface area contributed by atoms with Crippen molar-refractivity contribution in [1.29, 1.82) is 0 Å². The fourth-order valence-corrected chi connectivity index (χ4v) is 1.29. The first-order valence-electron chi connectivity index (χ1n) is 4.78. The van der Waals surface area contributed by atoms with E-state index in [0.717, 1.165) is 0 Å². The van der Waals surface area contributed by atoms with E-state index >= 15 is 0 Å². The number of nitrogen functional groups attached to an aromatic ring is 1. The van der Waals surface area contributed by atoms with Crippen LogP contribution < -0.4 is 11.1 Å². The summed E-state index contributed by atoms with van der Waals surface area (Å²) >= 11 is 0. The highest BCUT2D eigenvalue weighted by Crippen LogP contribution is 2.20. The molecule has 2 rings (SSSR count). The van der Waals surface area contributed by atoms with Gasteiger partial charge in [-0.15, -0.1) is 10.2 Å². The molecule has 16 heavy (non-hydrogen) atoms.